The molecule has 0 unspecified atom stereocenters. The van der Waals surface area contributed by atoms with Gasteiger partial charge in [-0.25, -0.2) is 0 Å². The van der Waals surface area contributed by atoms with Crippen molar-refractivity contribution in [1.29, 1.82) is 0 Å². The fraction of sp³-hybridized carbons (Fsp3) is 0.462. The highest BCUT2D eigenvalue weighted by Crippen LogP contribution is 2.34. The Hall–Kier alpha value is -3.04. The van der Waals surface area contributed by atoms with Crippen LogP contribution in [0, 0.1) is 0 Å². The maximum Gasteiger partial charge on any atom is 0.231 e. The van der Waals surface area contributed by atoms with Crippen LogP contribution in [0.5, 0.6) is 17.2 Å². The van der Waals surface area contributed by atoms with Crippen LogP contribution >= 0.6 is 12.2 Å². The second-order valence-corrected chi connectivity index (χ2v) is 8.62. The van der Waals surface area contributed by atoms with Crippen LogP contribution in [0.1, 0.15) is 38.7 Å². The predicted octanol–water partition coefficient (Wildman–Crippen LogP) is 3.91. The number of rotatable bonds is 14. The van der Waals surface area contributed by atoms with Gasteiger partial charge < -0.3 is 30.2 Å². The molecule has 0 atom stereocenters. The number of ether oxygens (including phenoxy) is 3. The van der Waals surface area contributed by atoms with Crippen molar-refractivity contribution in [1.82, 2.24) is 15.5 Å². The Labute approximate surface area is 213 Å². The summed E-state index contributed by atoms with van der Waals surface area (Å²) < 4.78 is 16.5. The molecule has 0 saturated heterocycles. The molecule has 8 nitrogen and oxygen atoms in total. The molecule has 35 heavy (non-hydrogen) atoms. The third kappa shape index (κ3) is 9.26. The Morgan fingerprint density at radius 1 is 1.03 bits per heavy atom. The van der Waals surface area contributed by atoms with Gasteiger partial charge in [0.05, 0.1) is 6.61 Å². The summed E-state index contributed by atoms with van der Waals surface area (Å²) in [7, 11) is 0. The average Bonchev–Trinajstić information content (AvgIpc) is 3.33. The van der Waals surface area contributed by atoms with Crippen LogP contribution in [0.4, 0.5) is 5.69 Å². The van der Waals surface area contributed by atoms with Crippen molar-refractivity contribution in [2.75, 3.05) is 44.9 Å². The Bertz CT molecular complexity index is 968. The molecule has 0 fully saturated rings. The molecular weight excluding hydrogens is 464 g/mol. The van der Waals surface area contributed by atoms with E-state index in [1.165, 1.54) is 5.56 Å². The molecule has 1 aliphatic rings. The van der Waals surface area contributed by atoms with Crippen LogP contribution < -0.4 is 30.2 Å². The van der Waals surface area contributed by atoms with Crippen molar-refractivity contribution < 1.29 is 19.0 Å². The third-order valence-electron chi connectivity index (χ3n) is 5.61. The zero-order chi connectivity index (χ0) is 24.9. The summed E-state index contributed by atoms with van der Waals surface area (Å²) in [6.45, 7) is 9.33. The second-order valence-electron chi connectivity index (χ2n) is 8.21. The monoisotopic (exact) mass is 500 g/mol. The van der Waals surface area contributed by atoms with Crippen LogP contribution in [-0.4, -0.2) is 55.5 Å². The molecular formula is C26H36N4O4S. The van der Waals surface area contributed by atoms with Gasteiger partial charge >= 0.3 is 0 Å². The number of carbonyl (C=O) groups excluding carboxylic acids is 1. The molecule has 1 heterocycles. The van der Waals surface area contributed by atoms with E-state index in [0.717, 1.165) is 43.2 Å². The zero-order valence-electron chi connectivity index (χ0n) is 20.6. The van der Waals surface area contributed by atoms with Crippen molar-refractivity contribution in [2.45, 2.75) is 39.7 Å². The number of hydrogen-bond donors (Lipinski definition) is 3. The average molecular weight is 501 g/mol. The maximum atomic E-state index is 12.1. The van der Waals surface area contributed by atoms with Gasteiger partial charge in [-0.3, -0.25) is 9.69 Å². The standard InChI is InChI=1S/C26H36N4O4S/c1-3-30(4-2)18-20-8-5-9-22(16-20)32-15-7-14-27-25(31)10-6-13-28-26(35)29-21-11-12-23-24(17-21)34-19-33-23/h5,8-9,11-12,16-17H,3-4,6-7,10,13-15,18-19H2,1-2H3,(H,27,31)(H2,28,29,35). The SMILES string of the molecule is CCN(CC)Cc1cccc(OCCCNC(=O)CCCNC(=S)Nc2ccc3c(c2)OCO3)c1. The quantitative estimate of drug-likeness (QED) is 0.266. The van der Waals surface area contributed by atoms with Crippen molar-refractivity contribution in [3.63, 3.8) is 0 Å². The van der Waals surface area contributed by atoms with Crippen molar-refractivity contribution >= 4 is 28.9 Å². The summed E-state index contributed by atoms with van der Waals surface area (Å²) in [4.78, 5) is 14.4. The summed E-state index contributed by atoms with van der Waals surface area (Å²) in [5.41, 5.74) is 2.07. The lowest BCUT2D eigenvalue weighted by Crippen LogP contribution is -2.31. The number of hydrogen-bond acceptors (Lipinski definition) is 6. The Morgan fingerprint density at radius 2 is 1.83 bits per heavy atom. The first-order valence-electron chi connectivity index (χ1n) is 12.2. The molecule has 0 saturated carbocycles. The van der Waals surface area contributed by atoms with E-state index in [-0.39, 0.29) is 12.7 Å². The van der Waals surface area contributed by atoms with Crippen LogP contribution in [0.25, 0.3) is 0 Å². The van der Waals surface area contributed by atoms with Crippen LogP contribution in [0.2, 0.25) is 0 Å². The number of amides is 1. The summed E-state index contributed by atoms with van der Waals surface area (Å²) in [6, 6.07) is 13.8. The van der Waals surface area contributed by atoms with Gasteiger partial charge in [0.1, 0.15) is 5.75 Å². The predicted molar refractivity (Wildman–Crippen MR) is 142 cm³/mol. The molecule has 2 aromatic rings. The molecule has 1 amide bonds. The van der Waals surface area contributed by atoms with Gasteiger partial charge in [-0.1, -0.05) is 26.0 Å². The normalized spacial score (nSPS) is 11.9. The number of nitrogens with one attached hydrogen (secondary N) is 3. The van der Waals surface area contributed by atoms with Gasteiger partial charge in [0.25, 0.3) is 0 Å². The van der Waals surface area contributed by atoms with Crippen LogP contribution in [-0.2, 0) is 11.3 Å². The van der Waals surface area contributed by atoms with E-state index in [9.17, 15) is 4.79 Å². The lowest BCUT2D eigenvalue weighted by Gasteiger charge is -2.18. The summed E-state index contributed by atoms with van der Waals surface area (Å²) in [5.74, 6) is 2.33. The molecule has 0 aromatic heterocycles. The first-order valence-corrected chi connectivity index (χ1v) is 12.6. The van der Waals surface area contributed by atoms with Crippen LogP contribution in [0.3, 0.4) is 0 Å². The van der Waals surface area contributed by atoms with Crippen LogP contribution in [0.15, 0.2) is 42.5 Å². The Morgan fingerprint density at radius 3 is 2.66 bits per heavy atom. The number of benzene rings is 2. The molecule has 3 N–H and O–H groups in total. The van der Waals surface area contributed by atoms with Gasteiger partial charge in [-0.05, 0) is 68.0 Å². The number of fused-ring (bicyclic) bond motifs is 1. The summed E-state index contributed by atoms with van der Waals surface area (Å²) in [6.07, 6.45) is 1.88. The van der Waals surface area contributed by atoms with E-state index in [2.05, 4.69) is 46.8 Å². The highest BCUT2D eigenvalue weighted by atomic mass is 32.1. The Balaban J connectivity index is 1.22. The third-order valence-corrected chi connectivity index (χ3v) is 5.85. The highest BCUT2D eigenvalue weighted by molar-refractivity contribution is 7.80. The molecule has 0 spiro atoms. The lowest BCUT2D eigenvalue weighted by atomic mass is 10.2. The highest BCUT2D eigenvalue weighted by Gasteiger charge is 2.13. The smallest absolute Gasteiger partial charge is 0.231 e. The molecule has 3 rings (SSSR count). The lowest BCUT2D eigenvalue weighted by molar-refractivity contribution is -0.121. The second kappa shape index (κ2) is 14.4. The zero-order valence-corrected chi connectivity index (χ0v) is 21.4. The minimum absolute atomic E-state index is 0.0302. The van der Waals surface area contributed by atoms with Gasteiger partial charge in [0, 0.05) is 37.8 Å². The summed E-state index contributed by atoms with van der Waals surface area (Å²) in [5, 5.41) is 9.67. The fourth-order valence-electron chi connectivity index (χ4n) is 3.62. The number of carbonyl (C=O) groups is 1. The molecule has 0 bridgehead atoms. The largest absolute Gasteiger partial charge is 0.494 e. The number of thiocarbonyl (C=S) groups is 1. The summed E-state index contributed by atoms with van der Waals surface area (Å²) >= 11 is 5.31. The molecule has 1 aliphatic heterocycles. The topological polar surface area (TPSA) is 84.1 Å². The first kappa shape index (κ1) is 26.6. The van der Waals surface area contributed by atoms with Crippen molar-refractivity contribution in [2.24, 2.45) is 0 Å². The molecule has 2 aromatic carbocycles. The molecule has 0 radical (unpaired) electrons. The first-order chi connectivity index (χ1) is 17.1. The van der Waals surface area contributed by atoms with E-state index in [1.807, 2.05) is 30.3 Å². The minimum atomic E-state index is 0.0302. The van der Waals surface area contributed by atoms with E-state index < -0.39 is 0 Å². The van der Waals surface area contributed by atoms with Gasteiger partial charge in [0.2, 0.25) is 12.7 Å². The number of nitrogens with zero attached hydrogens (tertiary/aromatic N) is 1. The maximum absolute atomic E-state index is 12.1. The Kier molecular flexibility index (Phi) is 10.9. The fourth-order valence-corrected chi connectivity index (χ4v) is 3.84. The molecule has 9 heteroatoms. The van der Waals surface area contributed by atoms with Gasteiger partial charge in [-0.2, -0.15) is 0 Å². The van der Waals surface area contributed by atoms with Gasteiger partial charge in [-0.15, -0.1) is 0 Å². The van der Waals surface area contributed by atoms with E-state index in [0.29, 0.717) is 43.4 Å². The van der Waals surface area contributed by atoms with E-state index in [4.69, 9.17) is 26.4 Å². The van der Waals surface area contributed by atoms with E-state index >= 15 is 0 Å². The van der Waals surface area contributed by atoms with E-state index in [1.54, 1.807) is 0 Å². The minimum Gasteiger partial charge on any atom is -0.494 e. The number of anilines is 1. The molecule has 190 valence electrons. The molecule has 0 aliphatic carbocycles. The van der Waals surface area contributed by atoms with Gasteiger partial charge in [0.15, 0.2) is 16.6 Å². The van der Waals surface area contributed by atoms with Crippen molar-refractivity contribution in [3.8, 4) is 17.2 Å². The van der Waals surface area contributed by atoms with Crippen molar-refractivity contribution in [3.05, 3.63) is 48.0 Å².